The number of hydrogen-bond acceptors (Lipinski definition) is 5. The first-order chi connectivity index (χ1) is 5.79. The van der Waals surface area contributed by atoms with E-state index in [4.69, 9.17) is 0 Å². The second kappa shape index (κ2) is 4.94. The molecule has 12 heavy (non-hydrogen) atoms. The smallest absolute Gasteiger partial charge is 0.318 e. The van der Waals surface area contributed by atoms with Crippen LogP contribution in [0.2, 0.25) is 0 Å². The lowest BCUT2D eigenvalue weighted by molar-refractivity contribution is 0.169. The van der Waals surface area contributed by atoms with Gasteiger partial charge in [-0.15, -0.1) is 16.9 Å². The Labute approximate surface area is 77.3 Å². The highest BCUT2D eigenvalue weighted by Crippen LogP contribution is 2.18. The van der Waals surface area contributed by atoms with Crippen LogP contribution in [0.25, 0.3) is 0 Å². The van der Waals surface area contributed by atoms with E-state index in [0.29, 0.717) is 12.3 Å². The number of nitrogens with zero attached hydrogens (tertiary/aromatic N) is 2. The Morgan fingerprint density at radius 1 is 1.75 bits per heavy atom. The first kappa shape index (κ1) is 9.27. The van der Waals surface area contributed by atoms with Crippen molar-refractivity contribution >= 4 is 29.4 Å². The molecule has 0 atom stereocenters. The predicted molar refractivity (Wildman–Crippen MR) is 44.7 cm³/mol. The van der Waals surface area contributed by atoms with Crippen molar-refractivity contribution in [2.45, 2.75) is 4.21 Å². The molecule has 0 aromatic carbocycles. The maximum absolute atomic E-state index is 9.91. The largest absolute Gasteiger partial charge is 0.450 e. The number of thioether (sulfide) groups is 1. The Morgan fingerprint density at radius 3 is 3.17 bits per heavy atom. The van der Waals surface area contributed by atoms with Gasteiger partial charge in [-0.25, -0.2) is 9.90 Å². The molecule has 1 heterocycles. The van der Waals surface area contributed by atoms with Crippen LogP contribution in [-0.2, 0) is 5.11 Å². The molecule has 0 aliphatic heterocycles. The molecule has 0 bridgehead atoms. The molecule has 1 N–H and O–H groups in total. The molecule has 0 spiro atoms. The zero-order valence-electron chi connectivity index (χ0n) is 6.02. The van der Waals surface area contributed by atoms with Crippen LogP contribution in [0, 0.1) is 0 Å². The monoisotopic (exact) mass is 204 g/mol. The zero-order chi connectivity index (χ0) is 8.81. The van der Waals surface area contributed by atoms with E-state index in [1.165, 1.54) is 23.3 Å². The van der Waals surface area contributed by atoms with E-state index in [1.54, 1.807) is 6.20 Å². The fourth-order valence-corrected chi connectivity index (χ4v) is 1.88. The summed E-state index contributed by atoms with van der Waals surface area (Å²) >= 11 is 2.80. The SMILES string of the molecule is [O]C(=O)NCCSc1cnns1. The van der Waals surface area contributed by atoms with Crippen LogP contribution in [-0.4, -0.2) is 28.0 Å². The van der Waals surface area contributed by atoms with Gasteiger partial charge in [-0.2, -0.15) is 0 Å². The van der Waals surface area contributed by atoms with Crippen LogP contribution in [0.4, 0.5) is 4.79 Å². The fraction of sp³-hybridized carbons (Fsp3) is 0.400. The summed E-state index contributed by atoms with van der Waals surface area (Å²) < 4.78 is 4.64. The highest BCUT2D eigenvalue weighted by molar-refractivity contribution is 8.01. The number of carbonyl (C=O) groups is 1. The number of amides is 1. The second-order valence-corrected chi connectivity index (χ2v) is 3.98. The summed E-state index contributed by atoms with van der Waals surface area (Å²) in [5.74, 6) is 0.665. The molecule has 0 saturated heterocycles. The van der Waals surface area contributed by atoms with E-state index in [0.717, 1.165) is 4.21 Å². The molecule has 1 amide bonds. The highest BCUT2D eigenvalue weighted by Gasteiger charge is 1.98. The normalized spacial score (nSPS) is 9.67. The van der Waals surface area contributed by atoms with Crippen LogP contribution in [0.15, 0.2) is 10.4 Å². The third kappa shape index (κ3) is 3.54. The van der Waals surface area contributed by atoms with E-state index < -0.39 is 6.09 Å². The average Bonchev–Trinajstić information content (AvgIpc) is 2.49. The van der Waals surface area contributed by atoms with E-state index in [1.807, 2.05) is 0 Å². The van der Waals surface area contributed by atoms with Crippen LogP contribution < -0.4 is 5.32 Å². The summed E-state index contributed by atoms with van der Waals surface area (Å²) in [5, 5.41) is 15.7. The summed E-state index contributed by atoms with van der Waals surface area (Å²) in [6.45, 7) is 0.380. The van der Waals surface area contributed by atoms with Crippen molar-refractivity contribution in [3.05, 3.63) is 6.20 Å². The third-order valence-electron chi connectivity index (χ3n) is 0.957. The Kier molecular flexibility index (Phi) is 3.81. The van der Waals surface area contributed by atoms with Gasteiger partial charge in [-0.1, -0.05) is 4.49 Å². The summed E-state index contributed by atoms with van der Waals surface area (Å²) in [6.07, 6.45) is 0.409. The standard InChI is InChI=1S/C5H6N3O2S2/c9-5(10)6-1-2-11-4-3-7-8-12-4/h3,6H,1-2H2. The lowest BCUT2D eigenvalue weighted by Gasteiger charge is -1.95. The van der Waals surface area contributed by atoms with Crippen LogP contribution in [0.1, 0.15) is 0 Å². The molecule has 1 radical (unpaired) electrons. The molecule has 1 rings (SSSR count). The van der Waals surface area contributed by atoms with Gasteiger partial charge in [-0.05, 0) is 11.5 Å². The summed E-state index contributed by atoms with van der Waals surface area (Å²) in [4.78, 5) is 9.91. The number of rotatable bonds is 4. The lowest BCUT2D eigenvalue weighted by atomic mass is 10.7. The van der Waals surface area contributed by atoms with Gasteiger partial charge in [-0.3, -0.25) is 0 Å². The van der Waals surface area contributed by atoms with E-state index >= 15 is 0 Å². The molecule has 7 heteroatoms. The van der Waals surface area contributed by atoms with Crippen molar-refractivity contribution in [3.8, 4) is 0 Å². The van der Waals surface area contributed by atoms with E-state index in [9.17, 15) is 9.90 Å². The number of carbonyl (C=O) groups excluding carboxylic acids is 1. The van der Waals surface area contributed by atoms with Crippen LogP contribution in [0.5, 0.6) is 0 Å². The first-order valence-electron chi connectivity index (χ1n) is 3.14. The molecule has 65 valence electrons. The average molecular weight is 204 g/mol. The zero-order valence-corrected chi connectivity index (χ0v) is 7.65. The van der Waals surface area contributed by atoms with Gasteiger partial charge >= 0.3 is 6.09 Å². The Hall–Kier alpha value is -0.820. The molecule has 0 aliphatic carbocycles. The van der Waals surface area contributed by atoms with Crippen LogP contribution in [0.3, 0.4) is 0 Å². The van der Waals surface area contributed by atoms with Crippen molar-refractivity contribution in [2.75, 3.05) is 12.3 Å². The van der Waals surface area contributed by atoms with E-state index in [2.05, 4.69) is 14.9 Å². The Balaban J connectivity index is 2.07. The number of hydrogen-bond donors (Lipinski definition) is 1. The quantitative estimate of drug-likeness (QED) is 0.580. The van der Waals surface area contributed by atoms with E-state index in [-0.39, 0.29) is 0 Å². The molecule has 0 aliphatic rings. The Morgan fingerprint density at radius 2 is 2.58 bits per heavy atom. The van der Waals surface area contributed by atoms with Crippen molar-refractivity contribution in [2.24, 2.45) is 0 Å². The van der Waals surface area contributed by atoms with Crippen molar-refractivity contribution in [3.63, 3.8) is 0 Å². The molecule has 1 aromatic rings. The molecular weight excluding hydrogens is 198 g/mol. The third-order valence-corrected chi connectivity index (χ3v) is 2.79. The molecule has 0 unspecified atom stereocenters. The number of aromatic nitrogens is 2. The second-order valence-electron chi connectivity index (χ2n) is 1.80. The Bertz CT molecular complexity index is 239. The molecule has 0 saturated carbocycles. The van der Waals surface area contributed by atoms with Gasteiger partial charge in [0.15, 0.2) is 0 Å². The fourth-order valence-electron chi connectivity index (χ4n) is 0.526. The van der Waals surface area contributed by atoms with Crippen LogP contribution >= 0.6 is 23.3 Å². The maximum Gasteiger partial charge on any atom is 0.450 e. The topological polar surface area (TPSA) is 74.8 Å². The first-order valence-corrected chi connectivity index (χ1v) is 4.90. The van der Waals surface area contributed by atoms with Gasteiger partial charge in [0.1, 0.15) is 4.21 Å². The molecule has 1 aromatic heterocycles. The summed E-state index contributed by atoms with van der Waals surface area (Å²) in [5.41, 5.74) is 0. The van der Waals surface area contributed by atoms with Gasteiger partial charge in [0.25, 0.3) is 0 Å². The minimum absolute atomic E-state index is 0.380. The van der Waals surface area contributed by atoms with Gasteiger partial charge in [0.2, 0.25) is 0 Å². The highest BCUT2D eigenvalue weighted by atomic mass is 32.2. The lowest BCUT2D eigenvalue weighted by Crippen LogP contribution is -2.22. The molecule has 0 fully saturated rings. The molecule has 5 nitrogen and oxygen atoms in total. The van der Waals surface area contributed by atoms with Crippen molar-refractivity contribution < 1.29 is 9.90 Å². The van der Waals surface area contributed by atoms with Gasteiger partial charge in [0, 0.05) is 12.3 Å². The van der Waals surface area contributed by atoms with Gasteiger partial charge < -0.3 is 5.32 Å². The molecular formula is C5H6N3O2S2. The van der Waals surface area contributed by atoms with Crippen molar-refractivity contribution in [1.29, 1.82) is 0 Å². The summed E-state index contributed by atoms with van der Waals surface area (Å²) in [6, 6.07) is 0. The minimum Gasteiger partial charge on any atom is -0.318 e. The predicted octanol–water partition coefficient (Wildman–Crippen LogP) is 0.770. The minimum atomic E-state index is -1.24. The van der Waals surface area contributed by atoms with Crippen molar-refractivity contribution in [1.82, 2.24) is 14.9 Å². The van der Waals surface area contributed by atoms with Gasteiger partial charge in [0.05, 0.1) is 6.20 Å². The summed E-state index contributed by atoms with van der Waals surface area (Å²) in [7, 11) is 0. The maximum atomic E-state index is 9.91. The number of nitrogens with one attached hydrogen (secondary N) is 1.